The molecule has 1 rings (SSSR count). The van der Waals surface area contributed by atoms with Crippen molar-refractivity contribution in [3.63, 3.8) is 0 Å². The largest absolute Gasteiger partial charge is 0.496 e. The molecule has 0 atom stereocenters. The quantitative estimate of drug-likeness (QED) is 0.774. The monoisotopic (exact) mass is 239 g/mol. The molecule has 0 aliphatic heterocycles. The van der Waals surface area contributed by atoms with E-state index in [1.54, 1.807) is 14.2 Å². The first-order valence-corrected chi connectivity index (χ1v) is 5.71. The van der Waals surface area contributed by atoms with Crippen LogP contribution >= 0.6 is 0 Å². The van der Waals surface area contributed by atoms with Crippen LogP contribution in [0, 0.1) is 0 Å². The molecule has 0 saturated heterocycles. The van der Waals surface area contributed by atoms with E-state index in [9.17, 15) is 0 Å². The molecular formula is C13H21NO3. The van der Waals surface area contributed by atoms with Crippen molar-refractivity contribution in [2.45, 2.75) is 26.2 Å². The molecule has 4 nitrogen and oxygen atoms in total. The topological polar surface area (TPSA) is 53.7 Å². The second-order valence-electron chi connectivity index (χ2n) is 4.14. The van der Waals surface area contributed by atoms with Gasteiger partial charge in [-0.25, -0.2) is 5.90 Å². The van der Waals surface area contributed by atoms with E-state index in [2.05, 4.69) is 18.7 Å². The molecule has 0 unspecified atom stereocenters. The Labute approximate surface area is 103 Å². The molecule has 1 aromatic carbocycles. The molecule has 0 spiro atoms. The molecule has 2 N–H and O–H groups in total. The number of methoxy groups -OCH3 is 2. The average molecular weight is 239 g/mol. The Bertz CT molecular complexity index is 364. The first kappa shape index (κ1) is 13.8. The summed E-state index contributed by atoms with van der Waals surface area (Å²) < 4.78 is 10.8. The number of hydrogen-bond donors (Lipinski definition) is 1. The van der Waals surface area contributed by atoms with Gasteiger partial charge in [-0.1, -0.05) is 13.8 Å². The van der Waals surface area contributed by atoms with Crippen molar-refractivity contribution in [1.82, 2.24) is 0 Å². The van der Waals surface area contributed by atoms with E-state index in [-0.39, 0.29) is 0 Å². The zero-order valence-electron chi connectivity index (χ0n) is 10.9. The predicted molar refractivity (Wildman–Crippen MR) is 67.5 cm³/mol. The van der Waals surface area contributed by atoms with Gasteiger partial charge in [0.15, 0.2) is 0 Å². The summed E-state index contributed by atoms with van der Waals surface area (Å²) in [7, 11) is 3.34. The summed E-state index contributed by atoms with van der Waals surface area (Å²) in [6, 6.07) is 3.84. The van der Waals surface area contributed by atoms with Crippen molar-refractivity contribution in [2.24, 2.45) is 5.90 Å². The van der Waals surface area contributed by atoms with Crippen molar-refractivity contribution in [1.29, 1.82) is 0 Å². The first-order chi connectivity index (χ1) is 8.15. The van der Waals surface area contributed by atoms with Crippen molar-refractivity contribution in [3.8, 4) is 11.5 Å². The fraction of sp³-hybridized carbons (Fsp3) is 0.538. The first-order valence-electron chi connectivity index (χ1n) is 5.71. The SMILES string of the molecule is COc1ccc(OC)c(C(C)C)c1CCON. The van der Waals surface area contributed by atoms with Gasteiger partial charge in [-0.2, -0.15) is 0 Å². The fourth-order valence-electron chi connectivity index (χ4n) is 2.04. The van der Waals surface area contributed by atoms with Crippen LogP contribution in [0.4, 0.5) is 0 Å². The summed E-state index contributed by atoms with van der Waals surface area (Å²) >= 11 is 0. The third-order valence-electron chi connectivity index (χ3n) is 2.76. The minimum atomic E-state index is 0.354. The Morgan fingerprint density at radius 1 is 1.12 bits per heavy atom. The van der Waals surface area contributed by atoms with Crippen molar-refractivity contribution < 1.29 is 14.3 Å². The van der Waals surface area contributed by atoms with E-state index in [1.165, 1.54) is 0 Å². The van der Waals surface area contributed by atoms with Gasteiger partial charge in [0.25, 0.3) is 0 Å². The Morgan fingerprint density at radius 3 is 2.18 bits per heavy atom. The maximum atomic E-state index is 5.40. The highest BCUT2D eigenvalue weighted by Gasteiger charge is 2.17. The van der Waals surface area contributed by atoms with Gasteiger partial charge in [0.2, 0.25) is 0 Å². The lowest BCUT2D eigenvalue weighted by Gasteiger charge is -2.19. The van der Waals surface area contributed by atoms with E-state index in [0.717, 1.165) is 22.6 Å². The minimum absolute atomic E-state index is 0.354. The van der Waals surface area contributed by atoms with Gasteiger partial charge < -0.3 is 14.3 Å². The average Bonchev–Trinajstić information content (AvgIpc) is 2.34. The van der Waals surface area contributed by atoms with Crippen LogP contribution in [-0.4, -0.2) is 20.8 Å². The molecule has 96 valence electrons. The van der Waals surface area contributed by atoms with Crippen LogP contribution < -0.4 is 15.4 Å². The molecule has 0 fully saturated rings. The molecule has 0 amide bonds. The van der Waals surface area contributed by atoms with Gasteiger partial charge in [0.05, 0.1) is 20.8 Å². The molecule has 0 saturated carbocycles. The third-order valence-corrected chi connectivity index (χ3v) is 2.76. The van der Waals surface area contributed by atoms with Crippen LogP contribution in [0.1, 0.15) is 30.9 Å². The molecule has 4 heteroatoms. The van der Waals surface area contributed by atoms with Crippen LogP contribution in [-0.2, 0) is 11.3 Å². The van der Waals surface area contributed by atoms with Crippen LogP contribution in [0.25, 0.3) is 0 Å². The Kier molecular flexibility index (Phi) is 5.25. The minimum Gasteiger partial charge on any atom is -0.496 e. The normalized spacial score (nSPS) is 10.7. The zero-order valence-corrected chi connectivity index (χ0v) is 10.9. The van der Waals surface area contributed by atoms with Crippen LogP contribution in [0.2, 0.25) is 0 Å². The van der Waals surface area contributed by atoms with Crippen molar-refractivity contribution in [2.75, 3.05) is 20.8 Å². The molecule has 1 aromatic rings. The maximum Gasteiger partial charge on any atom is 0.122 e. The Morgan fingerprint density at radius 2 is 1.71 bits per heavy atom. The van der Waals surface area contributed by atoms with Crippen LogP contribution in [0.15, 0.2) is 12.1 Å². The lowest BCUT2D eigenvalue weighted by atomic mass is 9.93. The fourth-order valence-corrected chi connectivity index (χ4v) is 2.04. The highest BCUT2D eigenvalue weighted by Crippen LogP contribution is 2.35. The van der Waals surface area contributed by atoms with Gasteiger partial charge in [0.1, 0.15) is 11.5 Å². The molecule has 0 heterocycles. The summed E-state index contributed by atoms with van der Waals surface area (Å²) in [5, 5.41) is 0. The highest BCUT2D eigenvalue weighted by molar-refractivity contribution is 5.50. The van der Waals surface area contributed by atoms with Gasteiger partial charge in [-0.05, 0) is 18.1 Å². The summed E-state index contributed by atoms with van der Waals surface area (Å²) in [5.41, 5.74) is 2.26. The van der Waals surface area contributed by atoms with Crippen molar-refractivity contribution >= 4 is 0 Å². The number of benzene rings is 1. The smallest absolute Gasteiger partial charge is 0.122 e. The zero-order chi connectivity index (χ0) is 12.8. The van der Waals surface area contributed by atoms with E-state index in [0.29, 0.717) is 18.9 Å². The molecule has 0 aliphatic rings. The summed E-state index contributed by atoms with van der Waals surface area (Å²) in [6.07, 6.45) is 0.713. The standard InChI is InChI=1S/C13H21NO3/c1-9(2)13-10(7-8-17-14)11(15-3)5-6-12(13)16-4/h5-6,9H,7-8,14H2,1-4H3. The third kappa shape index (κ3) is 3.11. The van der Waals surface area contributed by atoms with E-state index < -0.39 is 0 Å². The van der Waals surface area contributed by atoms with Crippen LogP contribution in [0.3, 0.4) is 0 Å². The number of nitrogens with two attached hydrogens (primary N) is 1. The van der Waals surface area contributed by atoms with E-state index in [1.807, 2.05) is 12.1 Å². The molecule has 17 heavy (non-hydrogen) atoms. The molecule has 0 radical (unpaired) electrons. The Balaban J connectivity index is 3.25. The molecule has 0 bridgehead atoms. The Hall–Kier alpha value is -1.26. The predicted octanol–water partition coefficient (Wildman–Crippen LogP) is 2.26. The van der Waals surface area contributed by atoms with Gasteiger partial charge in [0, 0.05) is 17.5 Å². The van der Waals surface area contributed by atoms with Gasteiger partial charge >= 0.3 is 0 Å². The lowest BCUT2D eigenvalue weighted by Crippen LogP contribution is -2.09. The van der Waals surface area contributed by atoms with Gasteiger partial charge in [-0.3, -0.25) is 0 Å². The van der Waals surface area contributed by atoms with E-state index in [4.69, 9.17) is 15.4 Å². The number of ether oxygens (including phenoxy) is 2. The summed E-state index contributed by atoms with van der Waals surface area (Å²) in [4.78, 5) is 4.66. The number of rotatable bonds is 6. The second-order valence-corrected chi connectivity index (χ2v) is 4.14. The van der Waals surface area contributed by atoms with Crippen LogP contribution in [0.5, 0.6) is 11.5 Å². The lowest BCUT2D eigenvalue weighted by molar-refractivity contribution is 0.140. The summed E-state index contributed by atoms with van der Waals surface area (Å²) in [6.45, 7) is 4.72. The molecule has 0 aliphatic carbocycles. The maximum absolute atomic E-state index is 5.40. The van der Waals surface area contributed by atoms with Crippen molar-refractivity contribution in [3.05, 3.63) is 23.3 Å². The summed E-state index contributed by atoms with van der Waals surface area (Å²) in [5.74, 6) is 7.18. The van der Waals surface area contributed by atoms with E-state index >= 15 is 0 Å². The van der Waals surface area contributed by atoms with Gasteiger partial charge in [-0.15, -0.1) is 0 Å². The highest BCUT2D eigenvalue weighted by atomic mass is 16.6. The number of hydrogen-bond acceptors (Lipinski definition) is 4. The molecular weight excluding hydrogens is 218 g/mol. The molecule has 0 aromatic heterocycles. The second kappa shape index (κ2) is 6.47.